The van der Waals surface area contributed by atoms with Gasteiger partial charge in [-0.25, -0.2) is 0 Å². The van der Waals surface area contributed by atoms with Gasteiger partial charge in [-0.15, -0.1) is 0 Å². The number of thioether (sulfide) groups is 1. The Labute approximate surface area is 286 Å². The largest absolute Gasteiger partial charge is 0.492 e. The summed E-state index contributed by atoms with van der Waals surface area (Å²) in [4.78, 5) is 32.3. The summed E-state index contributed by atoms with van der Waals surface area (Å²) in [5, 5.41) is -0.794. The van der Waals surface area contributed by atoms with E-state index in [4.69, 9.17) is 9.47 Å². The van der Waals surface area contributed by atoms with Crippen LogP contribution < -0.4 is 4.74 Å². The molecule has 242 valence electrons. The van der Waals surface area contributed by atoms with Crippen LogP contribution >= 0.6 is 11.8 Å². The molecule has 0 aromatic heterocycles. The third-order valence-electron chi connectivity index (χ3n) is 9.17. The van der Waals surface area contributed by atoms with Gasteiger partial charge in [0.05, 0.1) is 18.0 Å². The van der Waals surface area contributed by atoms with E-state index in [1.165, 1.54) is 10.5 Å². The number of morpholine rings is 1. The van der Waals surface area contributed by atoms with Crippen LogP contribution in [0.15, 0.2) is 146 Å². The molecule has 0 N–H and O–H groups in total. The van der Waals surface area contributed by atoms with E-state index in [1.54, 1.807) is 0 Å². The highest BCUT2D eigenvalue weighted by Gasteiger charge is 2.53. The highest BCUT2D eigenvalue weighted by Crippen LogP contribution is 2.47. The lowest BCUT2D eigenvalue weighted by Crippen LogP contribution is -2.51. The van der Waals surface area contributed by atoms with E-state index >= 15 is 0 Å². The number of rotatable bonds is 11. The van der Waals surface area contributed by atoms with Crippen LogP contribution in [0.3, 0.4) is 0 Å². The minimum atomic E-state index is -1.11. The first-order valence-corrected chi connectivity index (χ1v) is 17.3. The summed E-state index contributed by atoms with van der Waals surface area (Å²) in [7, 11) is 0. The second-order valence-corrected chi connectivity index (χ2v) is 13.3. The third-order valence-corrected chi connectivity index (χ3v) is 10.2. The second-order valence-electron chi connectivity index (χ2n) is 12.1. The lowest BCUT2D eigenvalue weighted by Gasteiger charge is -2.42. The van der Waals surface area contributed by atoms with Gasteiger partial charge in [0.1, 0.15) is 17.9 Å². The van der Waals surface area contributed by atoms with Crippen molar-refractivity contribution in [2.75, 3.05) is 32.8 Å². The fourth-order valence-electron chi connectivity index (χ4n) is 6.82. The van der Waals surface area contributed by atoms with Crippen LogP contribution in [0.5, 0.6) is 5.75 Å². The number of ether oxygens (including phenoxy) is 2. The van der Waals surface area contributed by atoms with Crippen LogP contribution in [-0.2, 0) is 21.5 Å². The van der Waals surface area contributed by atoms with Gasteiger partial charge in [-0.05, 0) is 46.4 Å². The van der Waals surface area contributed by atoms with E-state index in [0.717, 1.165) is 59.4 Å². The van der Waals surface area contributed by atoms with Crippen LogP contribution in [-0.4, -0.2) is 59.0 Å². The Hall–Kier alpha value is -4.69. The van der Waals surface area contributed by atoms with Gasteiger partial charge in [-0.1, -0.05) is 145 Å². The smallest absolute Gasteiger partial charge is 0.290 e. The Kier molecular flexibility index (Phi) is 9.70. The molecular weight excluding hydrogens is 617 g/mol. The molecule has 2 aliphatic rings. The standard InChI is InChI=1S/C41H38N2O4S/c44-39-38(29-31-21-23-36(24-22-31)46-27-25-42-26-28-47-37(30-42)32-13-5-1-6-14-32)48-40(45)43(39)41(33-15-7-2-8-16-33,34-17-9-3-10-18-34)35-19-11-4-12-20-35/h1-24,37-38H,25-30H2. The van der Waals surface area contributed by atoms with Crippen molar-refractivity contribution in [3.05, 3.63) is 173 Å². The number of nitrogens with zero attached hydrogens (tertiary/aromatic N) is 2. The minimum absolute atomic E-state index is 0.0800. The quantitative estimate of drug-likeness (QED) is 0.136. The van der Waals surface area contributed by atoms with Gasteiger partial charge < -0.3 is 9.47 Å². The second kappa shape index (κ2) is 14.6. The number of carbonyl (C=O) groups is 2. The Morgan fingerprint density at radius 1 is 0.708 bits per heavy atom. The van der Waals surface area contributed by atoms with Gasteiger partial charge in [0.2, 0.25) is 5.91 Å². The first kappa shape index (κ1) is 31.9. The SMILES string of the molecule is O=C1SC(Cc2ccc(OCCN3CCOC(c4ccccc4)C3)cc2)C(=O)N1C(c1ccccc1)(c1ccccc1)c1ccccc1. The molecule has 0 aliphatic carbocycles. The summed E-state index contributed by atoms with van der Waals surface area (Å²) in [5.74, 6) is 0.590. The van der Waals surface area contributed by atoms with Crippen LogP contribution in [0.2, 0.25) is 0 Å². The molecule has 2 unspecified atom stereocenters. The summed E-state index contributed by atoms with van der Waals surface area (Å²) in [6.45, 7) is 3.81. The van der Waals surface area contributed by atoms with Gasteiger partial charge in [-0.2, -0.15) is 0 Å². The molecule has 7 heteroatoms. The maximum absolute atomic E-state index is 14.4. The predicted octanol–water partition coefficient (Wildman–Crippen LogP) is 7.74. The first-order chi connectivity index (χ1) is 23.6. The predicted molar refractivity (Wildman–Crippen MR) is 190 cm³/mol. The molecule has 0 saturated carbocycles. The van der Waals surface area contributed by atoms with Crippen LogP contribution in [0.25, 0.3) is 0 Å². The zero-order valence-electron chi connectivity index (χ0n) is 26.7. The van der Waals surface area contributed by atoms with E-state index < -0.39 is 10.8 Å². The lowest BCUT2D eigenvalue weighted by molar-refractivity contribution is -0.129. The summed E-state index contributed by atoms with van der Waals surface area (Å²) in [6, 6.07) is 47.8. The van der Waals surface area contributed by atoms with E-state index in [2.05, 4.69) is 17.0 Å². The fraction of sp³-hybridized carbons (Fsp3) is 0.220. The van der Waals surface area contributed by atoms with Crippen molar-refractivity contribution >= 4 is 22.9 Å². The molecule has 0 bridgehead atoms. The van der Waals surface area contributed by atoms with Crippen molar-refractivity contribution in [1.82, 2.24) is 9.80 Å². The highest BCUT2D eigenvalue weighted by atomic mass is 32.2. The molecule has 2 aliphatic heterocycles. The topological polar surface area (TPSA) is 59.1 Å². The molecule has 5 aromatic carbocycles. The maximum atomic E-state index is 14.4. The molecule has 2 fully saturated rings. The van der Waals surface area contributed by atoms with Crippen LogP contribution in [0.4, 0.5) is 4.79 Å². The van der Waals surface area contributed by atoms with Crippen molar-refractivity contribution in [2.45, 2.75) is 23.3 Å². The first-order valence-electron chi connectivity index (χ1n) is 16.4. The van der Waals surface area contributed by atoms with Crippen LogP contribution in [0.1, 0.15) is 33.9 Å². The molecule has 2 heterocycles. The maximum Gasteiger partial charge on any atom is 0.290 e. The Bertz CT molecular complexity index is 1710. The number of hydrogen-bond acceptors (Lipinski definition) is 6. The number of imide groups is 1. The van der Waals surface area contributed by atoms with E-state index in [-0.39, 0.29) is 17.3 Å². The van der Waals surface area contributed by atoms with E-state index in [0.29, 0.717) is 19.6 Å². The molecule has 6 nitrogen and oxygen atoms in total. The molecule has 0 spiro atoms. The molecule has 7 rings (SSSR count). The average molecular weight is 655 g/mol. The van der Waals surface area contributed by atoms with Gasteiger partial charge in [0.15, 0.2) is 0 Å². The number of amides is 2. The number of benzene rings is 5. The monoisotopic (exact) mass is 654 g/mol. The minimum Gasteiger partial charge on any atom is -0.492 e. The third kappa shape index (κ3) is 6.54. The zero-order chi connectivity index (χ0) is 32.8. The lowest BCUT2D eigenvalue weighted by atomic mass is 9.75. The Balaban J connectivity index is 1.05. The summed E-state index contributed by atoms with van der Waals surface area (Å²) in [6.07, 6.45) is 0.520. The molecule has 48 heavy (non-hydrogen) atoms. The van der Waals surface area contributed by atoms with Crippen molar-refractivity contribution in [3.63, 3.8) is 0 Å². The number of hydrogen-bond donors (Lipinski definition) is 0. The zero-order valence-corrected chi connectivity index (χ0v) is 27.5. The molecule has 2 atom stereocenters. The van der Waals surface area contributed by atoms with E-state index in [1.807, 2.05) is 133 Å². The van der Waals surface area contributed by atoms with Crippen molar-refractivity contribution in [1.29, 1.82) is 0 Å². The molecule has 5 aromatic rings. The van der Waals surface area contributed by atoms with Gasteiger partial charge >= 0.3 is 0 Å². The van der Waals surface area contributed by atoms with Crippen molar-refractivity contribution < 1.29 is 19.1 Å². The van der Waals surface area contributed by atoms with Gasteiger partial charge in [-0.3, -0.25) is 19.4 Å². The van der Waals surface area contributed by atoms with Gasteiger partial charge in [0, 0.05) is 19.6 Å². The average Bonchev–Trinajstić information content (AvgIpc) is 3.43. The summed E-state index contributed by atoms with van der Waals surface area (Å²) in [5.41, 5.74) is 3.65. The van der Waals surface area contributed by atoms with Gasteiger partial charge in [0.25, 0.3) is 5.24 Å². The Morgan fingerprint density at radius 2 is 1.25 bits per heavy atom. The van der Waals surface area contributed by atoms with Crippen LogP contribution in [0, 0.1) is 0 Å². The van der Waals surface area contributed by atoms with E-state index in [9.17, 15) is 9.59 Å². The highest BCUT2D eigenvalue weighted by molar-refractivity contribution is 8.15. The molecular formula is C41H38N2O4S. The molecule has 0 radical (unpaired) electrons. The number of carbonyl (C=O) groups excluding carboxylic acids is 2. The van der Waals surface area contributed by atoms with Crippen molar-refractivity contribution in [3.8, 4) is 5.75 Å². The summed E-state index contributed by atoms with van der Waals surface area (Å²) < 4.78 is 12.1. The molecule has 2 saturated heterocycles. The fourth-order valence-corrected chi connectivity index (χ4v) is 7.88. The van der Waals surface area contributed by atoms with Crippen molar-refractivity contribution in [2.24, 2.45) is 0 Å². The molecule has 2 amide bonds. The normalized spacial score (nSPS) is 18.6. The summed E-state index contributed by atoms with van der Waals surface area (Å²) >= 11 is 1.11. The Morgan fingerprint density at radius 3 is 1.81 bits per heavy atom.